The molecule has 12 N–H and O–H groups in total. The number of benzene rings is 4. The van der Waals surface area contributed by atoms with E-state index in [2.05, 4.69) is 31.9 Å². The van der Waals surface area contributed by atoms with Gasteiger partial charge < -0.3 is 58.5 Å². The molecule has 1 aliphatic rings. The summed E-state index contributed by atoms with van der Waals surface area (Å²) in [7, 11) is 1.37. The fraction of sp³-hybridized carbons (Fsp3) is 0.360. The van der Waals surface area contributed by atoms with Crippen LogP contribution in [0.25, 0.3) is 22.3 Å². The number of carbonyl (C=O) groups is 8. The first-order valence-electron chi connectivity index (χ1n) is 22.9. The number of phenols is 2. The van der Waals surface area contributed by atoms with Crippen molar-refractivity contribution >= 4 is 58.9 Å². The lowest BCUT2D eigenvalue weighted by molar-refractivity contribution is -0.141. The van der Waals surface area contributed by atoms with Crippen LogP contribution in [0.15, 0.2) is 84.9 Å². The number of halogens is 1. The van der Waals surface area contributed by atoms with E-state index >= 15 is 0 Å². The molecular formula is C50H60ClN9O10. The molecular weight excluding hydrogens is 922 g/mol. The topological polar surface area (TPSA) is 304 Å². The number of primary amides is 1. The van der Waals surface area contributed by atoms with E-state index in [1.54, 1.807) is 36.4 Å². The van der Waals surface area contributed by atoms with Gasteiger partial charge in [0.1, 0.15) is 41.7 Å². The van der Waals surface area contributed by atoms with Crippen molar-refractivity contribution in [2.45, 2.75) is 89.0 Å². The molecule has 70 heavy (non-hydrogen) atoms. The summed E-state index contributed by atoms with van der Waals surface area (Å²) in [5.74, 6) is -5.70. The van der Waals surface area contributed by atoms with Gasteiger partial charge >= 0.3 is 0 Å². The number of amides is 8. The van der Waals surface area contributed by atoms with Crippen molar-refractivity contribution in [1.82, 2.24) is 36.8 Å². The molecule has 372 valence electrons. The minimum absolute atomic E-state index is 0.0806. The van der Waals surface area contributed by atoms with E-state index in [-0.39, 0.29) is 72.0 Å². The Morgan fingerprint density at radius 3 is 2.10 bits per heavy atom. The molecule has 0 spiro atoms. The average Bonchev–Trinajstić information content (AvgIpc) is 3.33. The highest BCUT2D eigenvalue weighted by Gasteiger charge is 2.36. The highest BCUT2D eigenvalue weighted by Crippen LogP contribution is 2.39. The lowest BCUT2D eigenvalue weighted by Gasteiger charge is -2.32. The van der Waals surface area contributed by atoms with Crippen molar-refractivity contribution in [3.63, 3.8) is 0 Å². The standard InChI is InChI=1S/C50H60ClN9O10/c1-28(45(65)54-23-7-5-9-43(64)55-27-42(53)63)56-48(68)39-25-30-10-20-40(61)36(24-30)37-26-34(17-21-41(37)62)44(49(69)57-29(2)46(66)59-39)60(3)50(70)38(8-4-6-22-52)58-47(67)33-13-11-31(12-14-33)32-15-18-35(51)19-16-32/h10-21,24,26,28-29,38-39,44,61-62H,4-9,22-23,25,27,52H2,1-3H3,(H2,53,63)(H,54,65)(H,55,64)(H,56,68)(H,57,69)(H,58,67)(H,59,66). The Morgan fingerprint density at radius 1 is 0.800 bits per heavy atom. The maximum absolute atomic E-state index is 14.6. The maximum atomic E-state index is 14.6. The molecule has 0 aliphatic carbocycles. The number of unbranched alkanes of at least 4 members (excludes halogenated alkanes) is 2. The molecule has 0 radical (unpaired) electrons. The number of rotatable bonds is 19. The van der Waals surface area contributed by atoms with Crippen molar-refractivity contribution in [3.8, 4) is 33.8 Å². The zero-order chi connectivity index (χ0) is 51.1. The van der Waals surface area contributed by atoms with Crippen LogP contribution in [0.1, 0.15) is 79.9 Å². The predicted octanol–water partition coefficient (Wildman–Crippen LogP) is 2.45. The number of nitrogens with one attached hydrogen (secondary N) is 6. The summed E-state index contributed by atoms with van der Waals surface area (Å²) >= 11 is 6.05. The third-order valence-corrected chi connectivity index (χ3v) is 12.0. The van der Waals surface area contributed by atoms with Gasteiger partial charge in [-0.25, -0.2) is 0 Å². The van der Waals surface area contributed by atoms with Gasteiger partial charge in [0.15, 0.2) is 0 Å². The van der Waals surface area contributed by atoms with Gasteiger partial charge in [0.05, 0.1) is 6.54 Å². The number of nitrogens with two attached hydrogens (primary N) is 2. The molecule has 20 heteroatoms. The number of fused-ring (bicyclic) bond motifs is 5. The first-order chi connectivity index (χ1) is 33.4. The molecule has 8 amide bonds. The first-order valence-corrected chi connectivity index (χ1v) is 23.3. The van der Waals surface area contributed by atoms with Crippen molar-refractivity contribution in [2.24, 2.45) is 11.5 Å². The van der Waals surface area contributed by atoms with Crippen LogP contribution in [0.2, 0.25) is 5.02 Å². The Kier molecular flexibility index (Phi) is 19.2. The van der Waals surface area contributed by atoms with Crippen molar-refractivity contribution < 1.29 is 48.6 Å². The van der Waals surface area contributed by atoms with E-state index in [0.717, 1.165) is 16.0 Å². The quantitative estimate of drug-likeness (QED) is 0.0609. The van der Waals surface area contributed by atoms with Gasteiger partial charge in [-0.3, -0.25) is 38.4 Å². The van der Waals surface area contributed by atoms with Gasteiger partial charge in [-0.1, -0.05) is 48.0 Å². The Morgan fingerprint density at radius 2 is 1.44 bits per heavy atom. The third-order valence-electron chi connectivity index (χ3n) is 11.7. The van der Waals surface area contributed by atoms with Crippen molar-refractivity contribution in [2.75, 3.05) is 26.7 Å². The summed E-state index contributed by atoms with van der Waals surface area (Å²) in [5, 5.41) is 38.7. The number of phenolic OH excluding ortho intramolecular Hbond substituents is 2. The number of hydrogen-bond acceptors (Lipinski definition) is 11. The molecule has 4 aromatic rings. The maximum Gasteiger partial charge on any atom is 0.251 e. The highest BCUT2D eigenvalue weighted by molar-refractivity contribution is 6.30. The smallest absolute Gasteiger partial charge is 0.251 e. The summed E-state index contributed by atoms with van der Waals surface area (Å²) < 4.78 is 0. The largest absolute Gasteiger partial charge is 0.507 e. The Hall–Kier alpha value is -7.51. The summed E-state index contributed by atoms with van der Waals surface area (Å²) in [4.78, 5) is 107. The van der Waals surface area contributed by atoms with E-state index in [4.69, 9.17) is 23.1 Å². The molecule has 5 unspecified atom stereocenters. The lowest BCUT2D eigenvalue weighted by atomic mass is 9.93. The van der Waals surface area contributed by atoms with Crippen LogP contribution in [0.5, 0.6) is 11.5 Å². The van der Waals surface area contributed by atoms with Crippen LogP contribution < -0.4 is 43.4 Å². The minimum atomic E-state index is -1.47. The van der Waals surface area contributed by atoms with E-state index in [1.807, 2.05) is 12.1 Å². The van der Waals surface area contributed by atoms with Crippen LogP contribution in [0.3, 0.4) is 0 Å². The number of aromatic hydroxyl groups is 2. The fourth-order valence-electron chi connectivity index (χ4n) is 7.77. The van der Waals surface area contributed by atoms with Crippen molar-refractivity contribution in [1.29, 1.82) is 0 Å². The molecule has 4 aromatic carbocycles. The van der Waals surface area contributed by atoms with Crippen LogP contribution in [0.4, 0.5) is 0 Å². The normalized spacial score (nSPS) is 16.5. The second-order valence-electron chi connectivity index (χ2n) is 17.1. The zero-order valence-corrected chi connectivity index (χ0v) is 39.9. The van der Waals surface area contributed by atoms with Crippen LogP contribution >= 0.6 is 11.6 Å². The first kappa shape index (κ1) is 53.4. The lowest BCUT2D eigenvalue weighted by Crippen LogP contribution is -2.57. The number of nitrogens with zero attached hydrogens (tertiary/aromatic N) is 1. The van der Waals surface area contributed by atoms with Gasteiger partial charge in [0.25, 0.3) is 5.91 Å². The monoisotopic (exact) mass is 981 g/mol. The van der Waals surface area contributed by atoms with E-state index in [9.17, 15) is 48.6 Å². The number of carbonyl (C=O) groups excluding carboxylic acids is 8. The van der Waals surface area contributed by atoms with E-state index in [0.29, 0.717) is 42.8 Å². The van der Waals surface area contributed by atoms with Crippen LogP contribution in [-0.4, -0.2) is 113 Å². The molecule has 0 saturated carbocycles. The van der Waals surface area contributed by atoms with Gasteiger partial charge in [0.2, 0.25) is 41.4 Å². The number of hydrogen-bond donors (Lipinski definition) is 10. The Balaban J connectivity index is 1.38. The Labute approximate surface area is 410 Å². The summed E-state index contributed by atoms with van der Waals surface area (Å²) in [5.41, 5.74) is 13.6. The van der Waals surface area contributed by atoms with Crippen LogP contribution in [0, 0.1) is 0 Å². The molecule has 1 aliphatic heterocycles. The van der Waals surface area contributed by atoms with Gasteiger partial charge in [-0.15, -0.1) is 0 Å². The highest BCUT2D eigenvalue weighted by atomic mass is 35.5. The molecule has 5 rings (SSSR count). The van der Waals surface area contributed by atoms with Crippen LogP contribution in [-0.2, 0) is 40.0 Å². The van der Waals surface area contributed by atoms with Gasteiger partial charge in [0, 0.05) is 48.1 Å². The minimum Gasteiger partial charge on any atom is -0.507 e. The predicted molar refractivity (Wildman–Crippen MR) is 262 cm³/mol. The van der Waals surface area contributed by atoms with Gasteiger partial charge in [-0.2, -0.15) is 0 Å². The fourth-order valence-corrected chi connectivity index (χ4v) is 7.89. The summed E-state index contributed by atoms with van der Waals surface area (Å²) in [6.07, 6.45) is 1.92. The average molecular weight is 983 g/mol. The zero-order valence-electron chi connectivity index (χ0n) is 39.2. The molecule has 5 atom stereocenters. The second kappa shape index (κ2) is 25.2. The third kappa shape index (κ3) is 14.7. The second-order valence-corrected chi connectivity index (χ2v) is 17.5. The molecule has 1 heterocycles. The summed E-state index contributed by atoms with van der Waals surface area (Å²) in [6, 6.07) is 16.2. The summed E-state index contributed by atoms with van der Waals surface area (Å²) in [6.45, 7) is 3.06. The number of likely N-dealkylation sites (N-methyl/N-ethyl adjacent to an activating group) is 1. The van der Waals surface area contributed by atoms with Crippen molar-refractivity contribution in [3.05, 3.63) is 107 Å². The molecule has 4 bridgehead atoms. The molecule has 0 aromatic heterocycles. The molecule has 19 nitrogen and oxygen atoms in total. The molecule has 0 saturated heterocycles. The Bertz CT molecular complexity index is 2560. The van der Waals surface area contributed by atoms with Gasteiger partial charge in [-0.05, 0) is 123 Å². The van der Waals surface area contributed by atoms with E-state index in [1.165, 1.54) is 57.3 Å². The SMILES string of the molecule is CC(NC(=O)C1Cc2ccc(O)c(c2)-c2cc(ccc2O)C(N(C)C(=O)C(CCCCN)NC(=O)c2ccc(-c3ccc(Cl)cc3)cc2)C(=O)NC(C)C(=O)N1)C(=O)NCCCCC(=O)NCC(N)=O. The van der Waals surface area contributed by atoms with E-state index < -0.39 is 71.6 Å². The molecule has 0 fully saturated rings.